The molecule has 2 aliphatic rings. The number of aromatic amines is 1. The van der Waals surface area contributed by atoms with E-state index in [0.717, 1.165) is 35.9 Å². The van der Waals surface area contributed by atoms with E-state index in [-0.39, 0.29) is 11.9 Å². The van der Waals surface area contributed by atoms with E-state index in [1.54, 1.807) is 0 Å². The summed E-state index contributed by atoms with van der Waals surface area (Å²) in [5.74, 6) is 1.71. The molecule has 3 heterocycles. The van der Waals surface area contributed by atoms with Crippen LogP contribution in [0, 0.1) is 0 Å². The topological polar surface area (TPSA) is 61.5 Å². The van der Waals surface area contributed by atoms with Crippen LogP contribution >= 0.6 is 0 Å². The highest BCUT2D eigenvalue weighted by molar-refractivity contribution is 5.95. The van der Waals surface area contributed by atoms with Crippen LogP contribution < -0.4 is 9.64 Å². The van der Waals surface area contributed by atoms with Gasteiger partial charge in [0.15, 0.2) is 0 Å². The van der Waals surface area contributed by atoms with E-state index in [4.69, 9.17) is 4.74 Å². The zero-order valence-corrected chi connectivity index (χ0v) is 16.5. The zero-order chi connectivity index (χ0) is 19.8. The van der Waals surface area contributed by atoms with Gasteiger partial charge >= 0.3 is 0 Å². The smallest absolute Gasteiger partial charge is 0.274 e. The Hall–Kier alpha value is -3.28. The van der Waals surface area contributed by atoms with Gasteiger partial charge in [-0.3, -0.25) is 4.79 Å². The molecule has 0 saturated heterocycles. The zero-order valence-electron chi connectivity index (χ0n) is 16.5. The molecule has 0 fully saturated rings. The fourth-order valence-corrected chi connectivity index (χ4v) is 4.25. The first kappa shape index (κ1) is 17.8. The van der Waals surface area contributed by atoms with E-state index in [2.05, 4.69) is 33.1 Å². The second-order valence-electron chi connectivity index (χ2n) is 7.73. The molecule has 0 bridgehead atoms. The SMILES string of the molecule is CN1C[C@H](N2CCc3[nH]c(Cc4ccccc4)nc3C2=O)COc2ccccc21. The fourth-order valence-electron chi connectivity index (χ4n) is 4.25. The van der Waals surface area contributed by atoms with Gasteiger partial charge in [0.2, 0.25) is 0 Å². The molecule has 0 radical (unpaired) electrons. The summed E-state index contributed by atoms with van der Waals surface area (Å²) in [5.41, 5.74) is 3.75. The van der Waals surface area contributed by atoms with Crippen molar-refractivity contribution in [2.45, 2.75) is 18.9 Å². The molecule has 29 heavy (non-hydrogen) atoms. The Morgan fingerprint density at radius 3 is 2.79 bits per heavy atom. The van der Waals surface area contributed by atoms with E-state index in [9.17, 15) is 4.79 Å². The largest absolute Gasteiger partial charge is 0.489 e. The number of fused-ring (bicyclic) bond motifs is 2. The van der Waals surface area contributed by atoms with Crippen LogP contribution in [0.3, 0.4) is 0 Å². The molecule has 0 saturated carbocycles. The van der Waals surface area contributed by atoms with Crippen molar-refractivity contribution in [1.82, 2.24) is 14.9 Å². The fraction of sp³-hybridized carbons (Fsp3) is 0.304. The van der Waals surface area contributed by atoms with Crippen molar-refractivity contribution in [3.63, 3.8) is 0 Å². The van der Waals surface area contributed by atoms with Crippen LogP contribution in [0.1, 0.15) is 27.6 Å². The summed E-state index contributed by atoms with van der Waals surface area (Å²) in [4.78, 5) is 25.4. The van der Waals surface area contributed by atoms with Crippen molar-refractivity contribution in [3.05, 3.63) is 77.4 Å². The van der Waals surface area contributed by atoms with Gasteiger partial charge in [-0.1, -0.05) is 42.5 Å². The van der Waals surface area contributed by atoms with Crippen molar-refractivity contribution in [2.24, 2.45) is 0 Å². The number of carbonyl (C=O) groups is 1. The van der Waals surface area contributed by atoms with Crippen molar-refractivity contribution in [2.75, 3.05) is 31.6 Å². The predicted molar refractivity (Wildman–Crippen MR) is 112 cm³/mol. The number of hydrogen-bond acceptors (Lipinski definition) is 4. The summed E-state index contributed by atoms with van der Waals surface area (Å²) in [6.07, 6.45) is 1.49. The van der Waals surface area contributed by atoms with E-state index < -0.39 is 0 Å². The van der Waals surface area contributed by atoms with Gasteiger partial charge < -0.3 is 19.5 Å². The first-order valence-electron chi connectivity index (χ1n) is 10.0. The molecule has 1 N–H and O–H groups in total. The minimum atomic E-state index is -0.0117. The third-order valence-corrected chi connectivity index (χ3v) is 5.74. The lowest BCUT2D eigenvalue weighted by Crippen LogP contribution is -2.51. The molecule has 0 aliphatic carbocycles. The molecule has 148 valence electrons. The molecule has 6 nitrogen and oxygen atoms in total. The molecule has 1 amide bonds. The van der Waals surface area contributed by atoms with Crippen molar-refractivity contribution >= 4 is 11.6 Å². The third-order valence-electron chi connectivity index (χ3n) is 5.74. The molecule has 3 aromatic rings. The lowest BCUT2D eigenvalue weighted by atomic mass is 10.1. The Bertz CT molecular complexity index is 1030. The van der Waals surface area contributed by atoms with Crippen LogP contribution in [0.15, 0.2) is 54.6 Å². The van der Waals surface area contributed by atoms with E-state index >= 15 is 0 Å². The molecule has 1 aromatic heterocycles. The standard InChI is InChI=1S/C23H24N4O2/c1-26-14-17(15-29-20-10-6-5-9-19(20)26)27-12-11-18-22(23(27)28)25-21(24-18)13-16-7-3-2-4-8-16/h2-10,17H,11-15H2,1H3,(H,24,25)/t17-/m0/s1. The molecule has 2 aliphatic heterocycles. The average molecular weight is 388 g/mol. The number of rotatable bonds is 3. The van der Waals surface area contributed by atoms with Crippen molar-refractivity contribution < 1.29 is 9.53 Å². The molecule has 1 atom stereocenters. The summed E-state index contributed by atoms with van der Waals surface area (Å²) >= 11 is 0. The van der Waals surface area contributed by atoms with E-state index in [0.29, 0.717) is 25.3 Å². The minimum absolute atomic E-state index is 0.00484. The maximum atomic E-state index is 13.2. The molecule has 5 rings (SSSR count). The maximum absolute atomic E-state index is 13.2. The molecular formula is C23H24N4O2. The summed E-state index contributed by atoms with van der Waals surface area (Å²) in [5, 5.41) is 0. The summed E-state index contributed by atoms with van der Waals surface area (Å²) in [6, 6.07) is 18.2. The van der Waals surface area contributed by atoms with E-state index in [1.165, 1.54) is 5.56 Å². The number of aromatic nitrogens is 2. The summed E-state index contributed by atoms with van der Waals surface area (Å²) in [7, 11) is 2.05. The predicted octanol–water partition coefficient (Wildman–Crippen LogP) is 2.90. The first-order chi connectivity index (χ1) is 14.2. The van der Waals surface area contributed by atoms with Crippen molar-refractivity contribution in [3.8, 4) is 5.75 Å². The Morgan fingerprint density at radius 2 is 1.93 bits per heavy atom. The lowest BCUT2D eigenvalue weighted by molar-refractivity contribution is 0.0603. The van der Waals surface area contributed by atoms with Gasteiger partial charge in [0.1, 0.15) is 23.9 Å². The van der Waals surface area contributed by atoms with Gasteiger partial charge in [-0.2, -0.15) is 0 Å². The number of para-hydroxylation sites is 2. The molecule has 6 heteroatoms. The number of H-pyrrole nitrogens is 1. The molecule has 2 aromatic carbocycles. The number of nitrogens with one attached hydrogen (secondary N) is 1. The van der Waals surface area contributed by atoms with Gasteiger partial charge in [0.25, 0.3) is 5.91 Å². The van der Waals surface area contributed by atoms with Gasteiger partial charge in [-0.25, -0.2) is 4.98 Å². The number of amides is 1. The average Bonchev–Trinajstić information content (AvgIpc) is 3.08. The highest BCUT2D eigenvalue weighted by Crippen LogP contribution is 2.31. The molecular weight excluding hydrogens is 364 g/mol. The minimum Gasteiger partial charge on any atom is -0.489 e. The van der Waals surface area contributed by atoms with Gasteiger partial charge in [-0.05, 0) is 17.7 Å². The number of imidazole rings is 1. The Kier molecular flexibility index (Phi) is 4.46. The summed E-state index contributed by atoms with van der Waals surface area (Å²) < 4.78 is 6.04. The summed E-state index contributed by atoms with van der Waals surface area (Å²) in [6.45, 7) is 1.90. The maximum Gasteiger partial charge on any atom is 0.274 e. The highest BCUT2D eigenvalue weighted by Gasteiger charge is 2.35. The number of likely N-dealkylation sites (N-methyl/N-ethyl adjacent to an activating group) is 1. The Morgan fingerprint density at radius 1 is 1.14 bits per heavy atom. The monoisotopic (exact) mass is 388 g/mol. The van der Waals surface area contributed by atoms with Gasteiger partial charge in [0, 0.05) is 38.7 Å². The third kappa shape index (κ3) is 3.35. The van der Waals surface area contributed by atoms with Crippen LogP contribution in [0.2, 0.25) is 0 Å². The van der Waals surface area contributed by atoms with Crippen molar-refractivity contribution in [1.29, 1.82) is 0 Å². The Balaban J connectivity index is 1.35. The van der Waals surface area contributed by atoms with Crippen LogP contribution in [0.4, 0.5) is 5.69 Å². The first-order valence-corrected chi connectivity index (χ1v) is 10.0. The Labute approximate surface area is 170 Å². The number of anilines is 1. The quantitative estimate of drug-likeness (QED) is 0.750. The normalized spacial score (nSPS) is 18.7. The number of carbonyl (C=O) groups excluding carboxylic acids is 1. The van der Waals surface area contributed by atoms with Crippen LogP contribution in [-0.4, -0.2) is 53.6 Å². The molecule has 0 unspecified atom stereocenters. The number of hydrogen-bond donors (Lipinski definition) is 1. The number of benzene rings is 2. The highest BCUT2D eigenvalue weighted by atomic mass is 16.5. The van der Waals surface area contributed by atoms with E-state index in [1.807, 2.05) is 48.3 Å². The number of nitrogens with zero attached hydrogens (tertiary/aromatic N) is 3. The van der Waals surface area contributed by atoms with Gasteiger partial charge in [0.05, 0.1) is 11.7 Å². The second kappa shape index (κ2) is 7.28. The van der Waals surface area contributed by atoms with Crippen LogP contribution in [0.25, 0.3) is 0 Å². The van der Waals surface area contributed by atoms with Gasteiger partial charge in [-0.15, -0.1) is 0 Å². The number of ether oxygens (including phenoxy) is 1. The molecule has 0 spiro atoms. The van der Waals surface area contributed by atoms with Crippen LogP contribution in [-0.2, 0) is 12.8 Å². The lowest BCUT2D eigenvalue weighted by Gasteiger charge is -2.34. The van der Waals surface area contributed by atoms with Crippen LogP contribution in [0.5, 0.6) is 5.75 Å². The second-order valence-corrected chi connectivity index (χ2v) is 7.73.